The lowest BCUT2D eigenvalue weighted by Gasteiger charge is -2.34. The molecule has 1 aromatic carbocycles. The van der Waals surface area contributed by atoms with Gasteiger partial charge in [0, 0.05) is 32.8 Å². The minimum atomic E-state index is -0.608. The van der Waals surface area contributed by atoms with Crippen molar-refractivity contribution in [1.29, 1.82) is 0 Å². The maximum Gasteiger partial charge on any atom is 0.257 e. The highest BCUT2D eigenvalue weighted by Crippen LogP contribution is 2.18. The second-order valence-electron chi connectivity index (χ2n) is 5.23. The number of amides is 1. The number of hydrogen-bond acceptors (Lipinski definition) is 4. The summed E-state index contributed by atoms with van der Waals surface area (Å²) in [6.45, 7) is 3.70. The van der Waals surface area contributed by atoms with E-state index in [2.05, 4.69) is 4.90 Å². The molecule has 0 radical (unpaired) electrons. The molecule has 6 heteroatoms. The number of aliphatic hydroxyl groups is 1. The second kappa shape index (κ2) is 7.38. The van der Waals surface area contributed by atoms with Crippen LogP contribution in [0, 0.1) is 5.82 Å². The van der Waals surface area contributed by atoms with Gasteiger partial charge in [-0.05, 0) is 37.6 Å². The van der Waals surface area contributed by atoms with Gasteiger partial charge in [-0.3, -0.25) is 9.69 Å². The Balaban J connectivity index is 1.89. The average molecular weight is 296 g/mol. The third-order valence-corrected chi connectivity index (χ3v) is 3.72. The summed E-state index contributed by atoms with van der Waals surface area (Å²) in [5, 5.41) is 18.1. The van der Waals surface area contributed by atoms with Crippen LogP contribution in [0.4, 0.5) is 4.39 Å². The Hall–Kier alpha value is -1.66. The lowest BCUT2D eigenvalue weighted by molar-refractivity contribution is 0.0629. The highest BCUT2D eigenvalue weighted by Gasteiger charge is 2.24. The van der Waals surface area contributed by atoms with Crippen molar-refractivity contribution in [3.8, 4) is 5.75 Å². The fourth-order valence-corrected chi connectivity index (χ4v) is 2.47. The Morgan fingerprint density at radius 3 is 2.57 bits per heavy atom. The van der Waals surface area contributed by atoms with Gasteiger partial charge in [0.2, 0.25) is 0 Å². The van der Waals surface area contributed by atoms with Crippen molar-refractivity contribution < 1.29 is 19.4 Å². The highest BCUT2D eigenvalue weighted by atomic mass is 19.1. The molecule has 2 rings (SSSR count). The fourth-order valence-electron chi connectivity index (χ4n) is 2.47. The number of halogens is 1. The zero-order valence-electron chi connectivity index (χ0n) is 12.0. The van der Waals surface area contributed by atoms with E-state index in [1.165, 1.54) is 12.1 Å². The number of carbonyl (C=O) groups excluding carboxylic acids is 1. The Labute approximate surface area is 123 Å². The molecule has 1 heterocycles. The van der Waals surface area contributed by atoms with E-state index in [9.17, 15) is 14.3 Å². The van der Waals surface area contributed by atoms with Gasteiger partial charge in [0.1, 0.15) is 11.6 Å². The van der Waals surface area contributed by atoms with Crippen LogP contribution in [0.2, 0.25) is 0 Å². The first-order valence-electron chi connectivity index (χ1n) is 7.23. The molecule has 1 amide bonds. The van der Waals surface area contributed by atoms with Gasteiger partial charge in [-0.25, -0.2) is 4.39 Å². The van der Waals surface area contributed by atoms with E-state index in [4.69, 9.17) is 5.11 Å². The van der Waals surface area contributed by atoms with Gasteiger partial charge < -0.3 is 15.1 Å². The van der Waals surface area contributed by atoms with Gasteiger partial charge in [0.05, 0.1) is 5.56 Å². The van der Waals surface area contributed by atoms with Crippen LogP contribution in [0.15, 0.2) is 18.2 Å². The molecule has 116 valence electrons. The van der Waals surface area contributed by atoms with Crippen LogP contribution in [-0.4, -0.2) is 65.3 Å². The van der Waals surface area contributed by atoms with Gasteiger partial charge in [-0.1, -0.05) is 0 Å². The maximum absolute atomic E-state index is 13.7. The molecule has 0 saturated carbocycles. The second-order valence-corrected chi connectivity index (χ2v) is 5.23. The molecule has 1 aliphatic heterocycles. The number of aromatic hydroxyl groups is 1. The molecule has 0 aromatic heterocycles. The summed E-state index contributed by atoms with van der Waals surface area (Å²) in [5.74, 6) is -1.09. The number of hydrogen-bond donors (Lipinski definition) is 2. The zero-order valence-corrected chi connectivity index (χ0v) is 12.0. The minimum absolute atomic E-state index is 0.0799. The van der Waals surface area contributed by atoms with Crippen LogP contribution < -0.4 is 0 Å². The molecule has 5 nitrogen and oxygen atoms in total. The van der Waals surface area contributed by atoms with E-state index in [-0.39, 0.29) is 23.8 Å². The number of benzene rings is 1. The van der Waals surface area contributed by atoms with E-state index in [1.54, 1.807) is 4.90 Å². The summed E-state index contributed by atoms with van der Waals surface area (Å²) in [7, 11) is 0. The first-order chi connectivity index (χ1) is 10.1. The van der Waals surface area contributed by atoms with Gasteiger partial charge in [0.15, 0.2) is 0 Å². The maximum atomic E-state index is 13.7. The summed E-state index contributed by atoms with van der Waals surface area (Å²) in [6.07, 6.45) is 1.72. The quantitative estimate of drug-likeness (QED) is 0.798. The first-order valence-corrected chi connectivity index (χ1v) is 7.23. The molecule has 0 unspecified atom stereocenters. The largest absolute Gasteiger partial charge is 0.508 e. The van der Waals surface area contributed by atoms with Crippen molar-refractivity contribution >= 4 is 5.91 Å². The fraction of sp³-hybridized carbons (Fsp3) is 0.533. The van der Waals surface area contributed by atoms with Crippen LogP contribution in [-0.2, 0) is 0 Å². The number of phenols is 1. The molecule has 0 spiro atoms. The number of nitrogens with zero attached hydrogens (tertiary/aromatic N) is 2. The molecule has 2 N–H and O–H groups in total. The molecule has 21 heavy (non-hydrogen) atoms. The third-order valence-electron chi connectivity index (χ3n) is 3.72. The summed E-state index contributed by atoms with van der Waals surface area (Å²) in [5.41, 5.74) is -0.0799. The van der Waals surface area contributed by atoms with Gasteiger partial charge >= 0.3 is 0 Å². The number of aliphatic hydroxyl groups excluding tert-OH is 1. The van der Waals surface area contributed by atoms with Crippen molar-refractivity contribution in [2.45, 2.75) is 12.8 Å². The molecule has 0 atom stereocenters. The molecule has 1 saturated heterocycles. The third kappa shape index (κ3) is 4.15. The van der Waals surface area contributed by atoms with Crippen molar-refractivity contribution in [2.24, 2.45) is 0 Å². The minimum Gasteiger partial charge on any atom is -0.508 e. The average Bonchev–Trinajstić information content (AvgIpc) is 2.50. The van der Waals surface area contributed by atoms with Crippen molar-refractivity contribution in [2.75, 3.05) is 39.3 Å². The first kappa shape index (κ1) is 15.7. The van der Waals surface area contributed by atoms with Crippen molar-refractivity contribution in [3.05, 3.63) is 29.6 Å². The summed E-state index contributed by atoms with van der Waals surface area (Å²) in [4.78, 5) is 16.1. The number of rotatable bonds is 5. The van der Waals surface area contributed by atoms with Crippen LogP contribution >= 0.6 is 0 Å². The summed E-state index contributed by atoms with van der Waals surface area (Å²) in [6, 6.07) is 3.50. The van der Waals surface area contributed by atoms with Crippen LogP contribution in [0.5, 0.6) is 5.75 Å². The Bertz CT molecular complexity index is 488. The summed E-state index contributed by atoms with van der Waals surface area (Å²) < 4.78 is 13.7. The predicted octanol–water partition coefficient (Wildman–Crippen LogP) is 1.06. The van der Waals surface area contributed by atoms with E-state index in [0.29, 0.717) is 13.1 Å². The molecule has 1 aromatic rings. The number of unbranched alkanes of at least 4 members (excludes halogenated alkanes) is 1. The van der Waals surface area contributed by atoms with Crippen LogP contribution in [0.3, 0.4) is 0 Å². The lowest BCUT2D eigenvalue weighted by atomic mass is 10.1. The van der Waals surface area contributed by atoms with E-state index in [1.807, 2.05) is 0 Å². The SMILES string of the molecule is O=C(c1cc(O)ccc1F)N1CCN(CCCCO)CC1. The molecule has 0 bridgehead atoms. The Morgan fingerprint density at radius 2 is 1.90 bits per heavy atom. The Morgan fingerprint density at radius 1 is 1.19 bits per heavy atom. The molecule has 1 aliphatic rings. The van der Waals surface area contributed by atoms with Crippen molar-refractivity contribution in [3.63, 3.8) is 0 Å². The van der Waals surface area contributed by atoms with Crippen molar-refractivity contribution in [1.82, 2.24) is 9.80 Å². The molecular formula is C15H21FN2O3. The highest BCUT2D eigenvalue weighted by molar-refractivity contribution is 5.95. The monoisotopic (exact) mass is 296 g/mol. The van der Waals surface area contributed by atoms with E-state index in [0.717, 1.165) is 38.5 Å². The smallest absolute Gasteiger partial charge is 0.257 e. The topological polar surface area (TPSA) is 64.0 Å². The zero-order chi connectivity index (χ0) is 15.2. The number of piperazine rings is 1. The normalized spacial score (nSPS) is 16.2. The molecule has 0 aliphatic carbocycles. The van der Waals surface area contributed by atoms with Crippen LogP contribution in [0.25, 0.3) is 0 Å². The molecular weight excluding hydrogens is 275 g/mol. The van der Waals surface area contributed by atoms with Crippen LogP contribution in [0.1, 0.15) is 23.2 Å². The van der Waals surface area contributed by atoms with E-state index < -0.39 is 5.82 Å². The van der Waals surface area contributed by atoms with Gasteiger partial charge in [-0.2, -0.15) is 0 Å². The molecule has 1 fully saturated rings. The lowest BCUT2D eigenvalue weighted by Crippen LogP contribution is -2.49. The number of phenolic OH excluding ortho intramolecular Hbond substituents is 1. The van der Waals surface area contributed by atoms with Gasteiger partial charge in [-0.15, -0.1) is 0 Å². The summed E-state index contributed by atoms with van der Waals surface area (Å²) >= 11 is 0. The predicted molar refractivity (Wildman–Crippen MR) is 76.7 cm³/mol. The van der Waals surface area contributed by atoms with E-state index >= 15 is 0 Å². The number of carbonyl (C=O) groups is 1. The standard InChI is InChI=1S/C15H21FN2O3/c16-14-4-3-12(20)11-13(14)15(21)18-8-6-17(7-9-18)5-1-2-10-19/h3-4,11,19-20H,1-2,5-10H2. The Kier molecular flexibility index (Phi) is 5.52. The van der Waals surface area contributed by atoms with Gasteiger partial charge in [0.25, 0.3) is 5.91 Å².